The Kier molecular flexibility index (Phi) is 6.26. The van der Waals surface area contributed by atoms with Crippen molar-refractivity contribution >= 4 is 12.0 Å². The van der Waals surface area contributed by atoms with E-state index in [-0.39, 0.29) is 40.9 Å². The number of allylic oxidation sites excluding steroid dienone is 1. The molecule has 7 nitrogen and oxygen atoms in total. The standard InChI is InChI=1S/C34H39FN4O3/c1-20(27-6-4-5-15-36-27)38-31(41)34(42)14-13-26-25-12-7-22-16-28-21(19-37-39(28)24-10-8-23(35)9-11-24)17-32(22,2)30(25)29(40)18-33(26,34)3/h4-6,8-11,15-16,19-20,25-26,29-30,40,42H,7,12-14,17-18H2,1-3H3,(H,38,41)/t20-,25?,26?,29?,30?,32+,33+,34+/m1/s1. The van der Waals surface area contributed by atoms with E-state index in [0.717, 1.165) is 48.3 Å². The van der Waals surface area contributed by atoms with E-state index in [1.54, 1.807) is 18.3 Å². The number of halogens is 1. The average Bonchev–Trinajstić information content (AvgIpc) is 3.49. The predicted octanol–water partition coefficient (Wildman–Crippen LogP) is 5.17. The minimum atomic E-state index is -1.56. The summed E-state index contributed by atoms with van der Waals surface area (Å²) in [5.41, 5.74) is 2.50. The highest BCUT2D eigenvalue weighted by atomic mass is 19.1. The van der Waals surface area contributed by atoms with E-state index in [1.807, 2.05) is 42.9 Å². The first-order valence-electron chi connectivity index (χ1n) is 15.2. The summed E-state index contributed by atoms with van der Waals surface area (Å²) in [6.07, 6.45) is 9.29. The van der Waals surface area contributed by atoms with Crippen LogP contribution in [0.4, 0.5) is 4.39 Å². The van der Waals surface area contributed by atoms with E-state index < -0.39 is 17.1 Å². The van der Waals surface area contributed by atoms with Gasteiger partial charge in [0.2, 0.25) is 0 Å². The number of fused-ring (bicyclic) bond motifs is 6. The van der Waals surface area contributed by atoms with Crippen molar-refractivity contribution in [1.29, 1.82) is 0 Å². The Labute approximate surface area is 245 Å². The lowest BCUT2D eigenvalue weighted by Gasteiger charge is -2.60. The van der Waals surface area contributed by atoms with E-state index in [2.05, 4.69) is 28.4 Å². The molecule has 0 spiro atoms. The molecule has 3 N–H and O–H groups in total. The van der Waals surface area contributed by atoms with Crippen molar-refractivity contribution in [1.82, 2.24) is 20.1 Å². The number of aliphatic hydroxyl groups excluding tert-OH is 1. The number of carbonyl (C=O) groups is 1. The average molecular weight is 571 g/mol. The SMILES string of the molecule is C[C@@H](NC(=O)[C@@]1(O)CCC2C3CCC4=Cc5c(cnn5-c5ccc(F)cc5)C[C@]4(C)C3C(O)C[C@@]21C)c1ccccn1. The highest BCUT2D eigenvalue weighted by Crippen LogP contribution is 2.67. The van der Waals surface area contributed by atoms with Crippen LogP contribution >= 0.6 is 0 Å². The fourth-order valence-corrected chi connectivity index (χ4v) is 9.37. The third-order valence-electron chi connectivity index (χ3n) is 11.5. The molecule has 1 amide bonds. The normalized spacial score (nSPS) is 35.7. The van der Waals surface area contributed by atoms with Crippen molar-refractivity contribution in [3.05, 3.63) is 83.2 Å². The topological polar surface area (TPSA) is 100 Å². The Morgan fingerprint density at radius 1 is 1.17 bits per heavy atom. The fraction of sp³-hybridized carbons (Fsp3) is 0.500. The molecule has 2 aromatic heterocycles. The summed E-state index contributed by atoms with van der Waals surface area (Å²) >= 11 is 0. The summed E-state index contributed by atoms with van der Waals surface area (Å²) in [5.74, 6) is -0.287. The summed E-state index contributed by atoms with van der Waals surface area (Å²) < 4.78 is 15.4. The van der Waals surface area contributed by atoms with Crippen molar-refractivity contribution < 1.29 is 19.4 Å². The molecule has 4 aliphatic carbocycles. The van der Waals surface area contributed by atoms with Gasteiger partial charge in [0.15, 0.2) is 0 Å². The second-order valence-corrected chi connectivity index (χ2v) is 13.6. The van der Waals surface area contributed by atoms with Gasteiger partial charge in [0.1, 0.15) is 11.4 Å². The van der Waals surface area contributed by atoms with Crippen LogP contribution in [0, 0.1) is 34.4 Å². The van der Waals surface area contributed by atoms with Crippen LogP contribution in [0.15, 0.2) is 60.4 Å². The maximum absolute atomic E-state index is 13.7. The first-order chi connectivity index (χ1) is 20.0. The lowest BCUT2D eigenvalue weighted by molar-refractivity contribution is -0.181. The van der Waals surface area contributed by atoms with E-state index in [1.165, 1.54) is 17.7 Å². The highest BCUT2D eigenvalue weighted by molar-refractivity contribution is 5.87. The van der Waals surface area contributed by atoms with Crippen LogP contribution in [-0.2, 0) is 11.2 Å². The first-order valence-corrected chi connectivity index (χ1v) is 15.2. The molecule has 0 radical (unpaired) electrons. The Hall–Kier alpha value is -3.36. The van der Waals surface area contributed by atoms with Crippen LogP contribution in [0.1, 0.15) is 75.9 Å². The number of hydrogen-bond acceptors (Lipinski definition) is 5. The van der Waals surface area contributed by atoms with Gasteiger partial charge in [-0.2, -0.15) is 5.10 Å². The number of pyridine rings is 1. The third kappa shape index (κ3) is 3.87. The molecular weight excluding hydrogens is 531 g/mol. The van der Waals surface area contributed by atoms with E-state index >= 15 is 0 Å². The number of aliphatic hydroxyl groups is 2. The van der Waals surface area contributed by atoms with Crippen molar-refractivity contribution in [2.75, 3.05) is 0 Å². The van der Waals surface area contributed by atoms with Crippen LogP contribution in [0.25, 0.3) is 11.8 Å². The third-order valence-corrected chi connectivity index (χ3v) is 11.5. The molecule has 3 aromatic rings. The number of amides is 1. The van der Waals surface area contributed by atoms with Gasteiger partial charge in [-0.25, -0.2) is 9.07 Å². The van der Waals surface area contributed by atoms with Gasteiger partial charge >= 0.3 is 0 Å². The largest absolute Gasteiger partial charge is 0.393 e. The second kappa shape index (κ2) is 9.58. The van der Waals surface area contributed by atoms with Crippen molar-refractivity contribution in [3.63, 3.8) is 0 Å². The van der Waals surface area contributed by atoms with Crippen molar-refractivity contribution in [2.45, 2.75) is 77.0 Å². The molecule has 0 saturated heterocycles. The van der Waals surface area contributed by atoms with Crippen LogP contribution < -0.4 is 5.32 Å². The summed E-state index contributed by atoms with van der Waals surface area (Å²) in [5, 5.41) is 31.7. The molecule has 4 aliphatic rings. The van der Waals surface area contributed by atoms with Gasteiger partial charge in [0, 0.05) is 11.6 Å². The van der Waals surface area contributed by atoms with Crippen molar-refractivity contribution in [2.24, 2.45) is 28.6 Å². The molecule has 3 fully saturated rings. The molecule has 8 heteroatoms. The quantitative estimate of drug-likeness (QED) is 0.402. The Morgan fingerprint density at radius 3 is 2.69 bits per heavy atom. The van der Waals surface area contributed by atoms with Gasteiger partial charge in [-0.05, 0) is 117 Å². The number of rotatable bonds is 4. The number of aromatic nitrogens is 3. The summed E-state index contributed by atoms with van der Waals surface area (Å²) in [6, 6.07) is 11.6. The lowest BCUT2D eigenvalue weighted by Crippen LogP contribution is -2.63. The second-order valence-electron chi connectivity index (χ2n) is 13.6. The van der Waals surface area contributed by atoms with Crippen LogP contribution in [0.5, 0.6) is 0 Å². The summed E-state index contributed by atoms with van der Waals surface area (Å²) in [6.45, 7) is 6.19. The minimum absolute atomic E-state index is 0.0238. The van der Waals surface area contributed by atoms with E-state index in [4.69, 9.17) is 0 Å². The molecule has 2 heterocycles. The highest BCUT2D eigenvalue weighted by Gasteiger charge is 2.68. The zero-order chi connectivity index (χ0) is 29.4. The lowest BCUT2D eigenvalue weighted by atomic mass is 9.45. The van der Waals surface area contributed by atoms with Gasteiger partial charge in [0.25, 0.3) is 5.91 Å². The molecule has 220 valence electrons. The van der Waals surface area contributed by atoms with Gasteiger partial charge < -0.3 is 15.5 Å². The zero-order valence-corrected chi connectivity index (χ0v) is 24.4. The maximum atomic E-state index is 13.7. The van der Waals surface area contributed by atoms with Gasteiger partial charge in [-0.1, -0.05) is 25.5 Å². The molecule has 3 saturated carbocycles. The van der Waals surface area contributed by atoms with Gasteiger partial charge in [0.05, 0.1) is 35.4 Å². The maximum Gasteiger partial charge on any atom is 0.253 e. The van der Waals surface area contributed by atoms with Crippen LogP contribution in [0.2, 0.25) is 0 Å². The molecule has 4 unspecified atom stereocenters. The Balaban J connectivity index is 1.17. The predicted molar refractivity (Wildman–Crippen MR) is 157 cm³/mol. The number of nitrogens with zero attached hydrogens (tertiary/aromatic N) is 3. The fourth-order valence-electron chi connectivity index (χ4n) is 9.37. The molecule has 1 aromatic carbocycles. The Bertz CT molecular complexity index is 1550. The molecule has 42 heavy (non-hydrogen) atoms. The minimum Gasteiger partial charge on any atom is -0.393 e. The Morgan fingerprint density at radius 2 is 1.95 bits per heavy atom. The molecule has 8 atom stereocenters. The van der Waals surface area contributed by atoms with Gasteiger partial charge in [-0.15, -0.1) is 0 Å². The molecular formula is C34H39FN4O3. The van der Waals surface area contributed by atoms with Crippen LogP contribution in [0.3, 0.4) is 0 Å². The number of hydrogen-bond donors (Lipinski definition) is 3. The molecule has 0 bridgehead atoms. The number of benzene rings is 1. The summed E-state index contributed by atoms with van der Waals surface area (Å²) in [4.78, 5) is 18.1. The first kappa shape index (κ1) is 27.5. The van der Waals surface area contributed by atoms with E-state index in [9.17, 15) is 19.4 Å². The molecule has 0 aliphatic heterocycles. The zero-order valence-electron chi connectivity index (χ0n) is 24.4. The van der Waals surface area contributed by atoms with Gasteiger partial charge in [-0.3, -0.25) is 9.78 Å². The monoisotopic (exact) mass is 570 g/mol. The van der Waals surface area contributed by atoms with E-state index in [0.29, 0.717) is 12.8 Å². The summed E-state index contributed by atoms with van der Waals surface area (Å²) in [7, 11) is 0. The molecule has 7 rings (SSSR count). The number of nitrogens with one attached hydrogen (secondary N) is 1. The van der Waals surface area contributed by atoms with Crippen LogP contribution in [-0.4, -0.2) is 42.6 Å². The van der Waals surface area contributed by atoms with Crippen molar-refractivity contribution in [3.8, 4) is 5.69 Å². The number of carbonyl (C=O) groups excluding carboxylic acids is 1. The smallest absolute Gasteiger partial charge is 0.253 e.